The van der Waals surface area contributed by atoms with Crippen molar-refractivity contribution in [3.05, 3.63) is 28.3 Å². The van der Waals surface area contributed by atoms with Gasteiger partial charge < -0.3 is 9.64 Å². The van der Waals surface area contributed by atoms with Gasteiger partial charge in [-0.15, -0.1) is 0 Å². The van der Waals surface area contributed by atoms with Crippen LogP contribution in [0.25, 0.3) is 0 Å². The van der Waals surface area contributed by atoms with E-state index in [1.54, 1.807) is 12.1 Å². The Kier molecular flexibility index (Phi) is 4.03. The van der Waals surface area contributed by atoms with Gasteiger partial charge in [-0.25, -0.2) is 0 Å². The first-order valence-electron chi connectivity index (χ1n) is 7.82. The Labute approximate surface area is 145 Å². The molecule has 0 aromatic heterocycles. The number of ether oxygens (including phenoxy) is 1. The summed E-state index contributed by atoms with van der Waals surface area (Å²) < 4.78 is 5.94. The molecule has 24 heavy (non-hydrogen) atoms. The molecule has 0 saturated carbocycles. The number of hydrogen-bond acceptors (Lipinski definition) is 4. The van der Waals surface area contributed by atoms with Crippen LogP contribution >= 0.6 is 11.6 Å². The SMILES string of the molecule is CC(C)(C)Oc1c(Cl)ccc2c1CN(C1CCC(=O)NC1=O)C2=O. The predicted molar refractivity (Wildman–Crippen MR) is 87.9 cm³/mol. The lowest BCUT2D eigenvalue weighted by molar-refractivity contribution is -0.136. The van der Waals surface area contributed by atoms with Crippen LogP contribution in [0.4, 0.5) is 0 Å². The molecule has 3 amide bonds. The summed E-state index contributed by atoms with van der Waals surface area (Å²) in [6.07, 6.45) is 0.552. The van der Waals surface area contributed by atoms with Gasteiger partial charge in [0, 0.05) is 17.5 Å². The highest BCUT2D eigenvalue weighted by atomic mass is 35.5. The van der Waals surface area contributed by atoms with Gasteiger partial charge in [-0.1, -0.05) is 11.6 Å². The van der Waals surface area contributed by atoms with Crippen LogP contribution in [0, 0.1) is 0 Å². The molecule has 0 bridgehead atoms. The number of piperidine rings is 1. The van der Waals surface area contributed by atoms with E-state index in [1.807, 2.05) is 20.8 Å². The minimum atomic E-state index is -0.649. The molecule has 3 rings (SSSR count). The average Bonchev–Trinajstić information content (AvgIpc) is 2.78. The number of halogens is 1. The summed E-state index contributed by atoms with van der Waals surface area (Å²) in [6.45, 7) is 5.94. The molecule has 0 aliphatic carbocycles. The molecule has 0 spiro atoms. The van der Waals surface area contributed by atoms with Gasteiger partial charge in [0.25, 0.3) is 5.91 Å². The van der Waals surface area contributed by atoms with E-state index < -0.39 is 17.6 Å². The monoisotopic (exact) mass is 350 g/mol. The molecule has 2 heterocycles. The second kappa shape index (κ2) is 5.77. The molecule has 1 aromatic rings. The highest BCUT2D eigenvalue weighted by Crippen LogP contribution is 2.39. The van der Waals surface area contributed by atoms with E-state index in [2.05, 4.69) is 5.32 Å². The summed E-state index contributed by atoms with van der Waals surface area (Å²) in [4.78, 5) is 37.6. The highest BCUT2D eigenvalue weighted by molar-refractivity contribution is 6.32. The molecule has 1 atom stereocenters. The molecule has 1 N–H and O–H groups in total. The number of hydrogen-bond donors (Lipinski definition) is 1. The van der Waals surface area contributed by atoms with Crippen molar-refractivity contribution in [2.24, 2.45) is 0 Å². The van der Waals surface area contributed by atoms with Gasteiger partial charge in [0.05, 0.1) is 11.6 Å². The van der Waals surface area contributed by atoms with Crippen molar-refractivity contribution in [3.8, 4) is 5.75 Å². The van der Waals surface area contributed by atoms with Crippen molar-refractivity contribution >= 4 is 29.3 Å². The second-order valence-corrected chi connectivity index (χ2v) is 7.42. The first kappa shape index (κ1) is 16.8. The van der Waals surface area contributed by atoms with Crippen molar-refractivity contribution in [1.82, 2.24) is 10.2 Å². The van der Waals surface area contributed by atoms with Gasteiger partial charge in [-0.05, 0) is 39.3 Å². The number of carbonyl (C=O) groups excluding carboxylic acids is 3. The van der Waals surface area contributed by atoms with E-state index in [0.29, 0.717) is 28.3 Å². The van der Waals surface area contributed by atoms with Crippen LogP contribution in [-0.4, -0.2) is 34.3 Å². The fourth-order valence-corrected chi connectivity index (χ4v) is 3.22. The summed E-state index contributed by atoms with van der Waals surface area (Å²) in [5, 5.41) is 2.72. The lowest BCUT2D eigenvalue weighted by Gasteiger charge is -2.29. The molecule has 1 fully saturated rings. The van der Waals surface area contributed by atoms with Gasteiger partial charge in [-0.2, -0.15) is 0 Å². The van der Waals surface area contributed by atoms with Crippen LogP contribution in [-0.2, 0) is 16.1 Å². The zero-order valence-electron chi connectivity index (χ0n) is 13.8. The Balaban J connectivity index is 1.94. The Morgan fingerprint density at radius 3 is 2.58 bits per heavy atom. The number of amides is 3. The number of benzene rings is 1. The minimum Gasteiger partial charge on any atom is -0.486 e. The number of rotatable bonds is 2. The number of imide groups is 1. The highest BCUT2D eigenvalue weighted by Gasteiger charge is 2.41. The van der Waals surface area contributed by atoms with Crippen LogP contribution < -0.4 is 10.1 Å². The van der Waals surface area contributed by atoms with Gasteiger partial charge in [-0.3, -0.25) is 19.7 Å². The van der Waals surface area contributed by atoms with E-state index in [9.17, 15) is 14.4 Å². The number of nitrogens with zero attached hydrogens (tertiary/aromatic N) is 1. The maximum Gasteiger partial charge on any atom is 0.255 e. The minimum absolute atomic E-state index is 0.225. The van der Waals surface area contributed by atoms with Crippen LogP contribution in [0.1, 0.15) is 49.5 Å². The van der Waals surface area contributed by atoms with Gasteiger partial charge in [0.1, 0.15) is 17.4 Å². The maximum absolute atomic E-state index is 12.7. The molecule has 1 unspecified atom stereocenters. The number of nitrogens with one attached hydrogen (secondary N) is 1. The molecule has 128 valence electrons. The number of carbonyl (C=O) groups is 3. The van der Waals surface area contributed by atoms with E-state index in [-0.39, 0.29) is 24.8 Å². The van der Waals surface area contributed by atoms with Crippen LogP contribution in [0.2, 0.25) is 5.02 Å². The van der Waals surface area contributed by atoms with Crippen molar-refractivity contribution in [3.63, 3.8) is 0 Å². The van der Waals surface area contributed by atoms with Crippen molar-refractivity contribution in [1.29, 1.82) is 0 Å². The fourth-order valence-electron chi connectivity index (χ4n) is 3.00. The third-order valence-electron chi connectivity index (χ3n) is 4.03. The molecule has 1 saturated heterocycles. The molecule has 7 heteroatoms. The standard InChI is InChI=1S/C17H19ClN2O4/c1-17(2,3)24-14-10-8-20(12-6-7-13(21)19-15(12)22)16(23)9(10)4-5-11(14)18/h4-5,12H,6-8H2,1-3H3,(H,19,21,22). The Morgan fingerprint density at radius 1 is 1.25 bits per heavy atom. The molecule has 2 aliphatic rings. The van der Waals surface area contributed by atoms with Gasteiger partial charge in [0.2, 0.25) is 11.8 Å². The second-order valence-electron chi connectivity index (χ2n) is 7.02. The van der Waals surface area contributed by atoms with Crippen molar-refractivity contribution < 1.29 is 19.1 Å². The van der Waals surface area contributed by atoms with Crippen LogP contribution in [0.5, 0.6) is 5.75 Å². The molecule has 6 nitrogen and oxygen atoms in total. The van der Waals surface area contributed by atoms with Gasteiger partial charge in [0.15, 0.2) is 0 Å². The van der Waals surface area contributed by atoms with Crippen molar-refractivity contribution in [2.75, 3.05) is 0 Å². The molecule has 2 aliphatic heterocycles. The summed E-state index contributed by atoms with van der Waals surface area (Å²) in [5.74, 6) is -0.503. The molecular formula is C17H19ClN2O4. The Hall–Kier alpha value is -2.08. The lowest BCUT2D eigenvalue weighted by atomic mass is 10.0. The summed E-state index contributed by atoms with van der Waals surface area (Å²) >= 11 is 6.26. The summed E-state index contributed by atoms with van der Waals surface area (Å²) in [5.41, 5.74) is 0.708. The zero-order chi connectivity index (χ0) is 17.6. The smallest absolute Gasteiger partial charge is 0.255 e. The Bertz CT molecular complexity index is 739. The topological polar surface area (TPSA) is 75.7 Å². The van der Waals surface area contributed by atoms with E-state index in [0.717, 1.165) is 0 Å². The number of fused-ring (bicyclic) bond motifs is 1. The van der Waals surface area contributed by atoms with E-state index >= 15 is 0 Å². The average molecular weight is 351 g/mol. The van der Waals surface area contributed by atoms with Crippen molar-refractivity contribution in [2.45, 2.75) is 51.8 Å². The largest absolute Gasteiger partial charge is 0.486 e. The lowest BCUT2D eigenvalue weighted by Crippen LogP contribution is -2.52. The molecule has 0 radical (unpaired) electrons. The van der Waals surface area contributed by atoms with Crippen LogP contribution in [0.15, 0.2) is 12.1 Å². The van der Waals surface area contributed by atoms with Crippen LogP contribution in [0.3, 0.4) is 0 Å². The Morgan fingerprint density at radius 2 is 1.96 bits per heavy atom. The fraction of sp³-hybridized carbons (Fsp3) is 0.471. The first-order valence-corrected chi connectivity index (χ1v) is 8.20. The third kappa shape index (κ3) is 2.98. The molecular weight excluding hydrogens is 332 g/mol. The quantitative estimate of drug-likeness (QED) is 0.830. The van der Waals surface area contributed by atoms with E-state index in [4.69, 9.17) is 16.3 Å². The first-order chi connectivity index (χ1) is 11.2. The third-order valence-corrected chi connectivity index (χ3v) is 4.32. The van der Waals surface area contributed by atoms with Gasteiger partial charge >= 0.3 is 0 Å². The predicted octanol–water partition coefficient (Wildman–Crippen LogP) is 2.28. The van der Waals surface area contributed by atoms with E-state index in [1.165, 1.54) is 4.90 Å². The maximum atomic E-state index is 12.7. The summed E-state index contributed by atoms with van der Waals surface area (Å²) in [6, 6.07) is 2.64. The zero-order valence-corrected chi connectivity index (χ0v) is 14.6. The summed E-state index contributed by atoms with van der Waals surface area (Å²) in [7, 11) is 0. The molecule has 1 aromatic carbocycles. The normalized spacial score (nSPS) is 20.9.